The fraction of sp³-hybridized carbons (Fsp3) is 0.278. The fourth-order valence-electron chi connectivity index (χ4n) is 2.21. The topological polar surface area (TPSA) is 44.8 Å². The molecule has 0 saturated carbocycles. The van der Waals surface area contributed by atoms with Gasteiger partial charge in [-0.15, -0.1) is 0 Å². The summed E-state index contributed by atoms with van der Waals surface area (Å²) in [5, 5.41) is 0. The molecule has 122 valence electrons. The average molecular weight is 330 g/mol. The molecule has 2 aromatic carbocycles. The van der Waals surface area contributed by atoms with Gasteiger partial charge in [0.1, 0.15) is 0 Å². The highest BCUT2D eigenvalue weighted by Crippen LogP contribution is 2.36. The summed E-state index contributed by atoms with van der Waals surface area (Å²) in [4.78, 5) is 18.5. The molecule has 0 aromatic heterocycles. The van der Waals surface area contributed by atoms with Crippen LogP contribution in [0.3, 0.4) is 0 Å². The van der Waals surface area contributed by atoms with Gasteiger partial charge in [0.25, 0.3) is 0 Å². The standard InChI is InChI=1S/C18H22O4Si/c1-20-17(19)18(21-22-23(2,3)4,15-11-7-5-8-12-15)16-13-9-6-10-14-16/h5-14H,1-4H3. The normalized spacial score (nSPS) is 12.0. The fourth-order valence-corrected chi connectivity index (χ4v) is 2.58. The van der Waals surface area contributed by atoms with Crippen molar-refractivity contribution in [2.75, 3.05) is 7.11 Å². The molecule has 2 aromatic rings. The Hall–Kier alpha value is -1.95. The maximum Gasteiger partial charge on any atom is 0.350 e. The Kier molecular flexibility index (Phi) is 5.36. The van der Waals surface area contributed by atoms with E-state index in [9.17, 15) is 4.79 Å². The summed E-state index contributed by atoms with van der Waals surface area (Å²) in [5.41, 5.74) is -0.120. The minimum absolute atomic E-state index is 0.520. The van der Waals surface area contributed by atoms with E-state index in [1.807, 2.05) is 80.3 Å². The van der Waals surface area contributed by atoms with Crippen molar-refractivity contribution in [1.29, 1.82) is 0 Å². The molecule has 23 heavy (non-hydrogen) atoms. The smallest absolute Gasteiger partial charge is 0.350 e. The largest absolute Gasteiger partial charge is 0.466 e. The van der Waals surface area contributed by atoms with Crippen molar-refractivity contribution in [2.24, 2.45) is 0 Å². The highest BCUT2D eigenvalue weighted by atomic mass is 28.4. The molecule has 0 aliphatic rings. The lowest BCUT2D eigenvalue weighted by Crippen LogP contribution is -2.44. The zero-order valence-electron chi connectivity index (χ0n) is 13.9. The third-order valence-corrected chi connectivity index (χ3v) is 3.83. The first-order chi connectivity index (χ1) is 10.9. The van der Waals surface area contributed by atoms with E-state index in [4.69, 9.17) is 14.2 Å². The zero-order chi connectivity index (χ0) is 16.9. The Balaban J connectivity index is 2.61. The Bertz CT molecular complexity index is 596. The van der Waals surface area contributed by atoms with Gasteiger partial charge in [0.15, 0.2) is 0 Å². The molecule has 0 saturated heterocycles. The first-order valence-corrected chi connectivity index (χ1v) is 10.9. The minimum atomic E-state index is -2.02. The quantitative estimate of drug-likeness (QED) is 0.349. The van der Waals surface area contributed by atoms with Crippen LogP contribution in [0, 0.1) is 0 Å². The summed E-state index contributed by atoms with van der Waals surface area (Å²) < 4.78 is 10.7. The van der Waals surface area contributed by atoms with Crippen LogP contribution in [0.2, 0.25) is 19.6 Å². The predicted octanol–water partition coefficient (Wildman–Crippen LogP) is 3.89. The van der Waals surface area contributed by atoms with Crippen molar-refractivity contribution in [3.05, 3.63) is 71.8 Å². The van der Waals surface area contributed by atoms with Crippen LogP contribution in [0.5, 0.6) is 0 Å². The number of hydrogen-bond donors (Lipinski definition) is 0. The predicted molar refractivity (Wildman–Crippen MR) is 91.2 cm³/mol. The Labute approximate surface area is 138 Å². The second kappa shape index (κ2) is 7.08. The zero-order valence-corrected chi connectivity index (χ0v) is 14.9. The third-order valence-electron chi connectivity index (χ3n) is 3.25. The van der Waals surface area contributed by atoms with Gasteiger partial charge < -0.3 is 4.74 Å². The summed E-state index contributed by atoms with van der Waals surface area (Å²) in [7, 11) is -0.673. The van der Waals surface area contributed by atoms with Gasteiger partial charge in [-0.1, -0.05) is 60.7 Å². The van der Waals surface area contributed by atoms with E-state index >= 15 is 0 Å². The molecule has 0 radical (unpaired) electrons. The van der Waals surface area contributed by atoms with Gasteiger partial charge in [-0.3, -0.25) is 4.58 Å². The number of benzene rings is 2. The average Bonchev–Trinajstić information content (AvgIpc) is 2.56. The first-order valence-electron chi connectivity index (χ1n) is 7.46. The van der Waals surface area contributed by atoms with Crippen molar-refractivity contribution in [1.82, 2.24) is 0 Å². The highest BCUT2D eigenvalue weighted by Gasteiger charge is 2.47. The molecule has 0 heterocycles. The summed E-state index contributed by atoms with van der Waals surface area (Å²) in [6, 6.07) is 18.5. The molecule has 0 aliphatic carbocycles. The molecule has 0 unspecified atom stereocenters. The van der Waals surface area contributed by atoms with Crippen molar-refractivity contribution in [3.8, 4) is 0 Å². The van der Waals surface area contributed by atoms with E-state index in [1.165, 1.54) is 7.11 Å². The van der Waals surface area contributed by atoms with Gasteiger partial charge in [-0.25, -0.2) is 9.68 Å². The lowest BCUT2D eigenvalue weighted by Gasteiger charge is -2.33. The highest BCUT2D eigenvalue weighted by molar-refractivity contribution is 6.69. The lowest BCUT2D eigenvalue weighted by molar-refractivity contribution is -0.290. The van der Waals surface area contributed by atoms with Crippen LogP contribution in [-0.2, 0) is 24.6 Å². The van der Waals surface area contributed by atoms with Gasteiger partial charge >= 0.3 is 5.97 Å². The van der Waals surface area contributed by atoms with Gasteiger partial charge in [0, 0.05) is 11.1 Å². The second-order valence-electron chi connectivity index (χ2n) is 6.18. The molecule has 0 amide bonds. The molecular formula is C18H22O4Si. The summed E-state index contributed by atoms with van der Waals surface area (Å²) in [6.45, 7) is 5.97. The van der Waals surface area contributed by atoms with Crippen LogP contribution in [-0.4, -0.2) is 21.4 Å². The third kappa shape index (κ3) is 3.88. The first kappa shape index (κ1) is 17.4. The van der Waals surface area contributed by atoms with E-state index in [0.717, 1.165) is 0 Å². The summed E-state index contributed by atoms with van der Waals surface area (Å²) in [5.74, 6) is -0.520. The van der Waals surface area contributed by atoms with Gasteiger partial charge in [0.2, 0.25) is 13.9 Å². The maximum atomic E-state index is 12.7. The van der Waals surface area contributed by atoms with Crippen LogP contribution in [0.4, 0.5) is 0 Å². The van der Waals surface area contributed by atoms with Crippen LogP contribution in [0.25, 0.3) is 0 Å². The lowest BCUT2D eigenvalue weighted by atomic mass is 9.86. The summed E-state index contributed by atoms with van der Waals surface area (Å²) in [6.07, 6.45) is 0. The second-order valence-corrected chi connectivity index (χ2v) is 10.6. The number of hydrogen-bond acceptors (Lipinski definition) is 4. The molecule has 4 nitrogen and oxygen atoms in total. The maximum absolute atomic E-state index is 12.7. The molecule has 0 spiro atoms. The molecule has 0 bridgehead atoms. The van der Waals surface area contributed by atoms with Gasteiger partial charge in [0.05, 0.1) is 7.11 Å². The molecular weight excluding hydrogens is 308 g/mol. The number of rotatable bonds is 6. The SMILES string of the molecule is COC(=O)C(OO[Si](C)(C)C)(c1ccccc1)c1ccccc1. The number of carbonyl (C=O) groups excluding carboxylic acids is 1. The molecule has 0 atom stereocenters. The van der Waals surface area contributed by atoms with Crippen molar-refractivity contribution in [2.45, 2.75) is 25.2 Å². The van der Waals surface area contributed by atoms with Crippen LogP contribution in [0.15, 0.2) is 60.7 Å². The van der Waals surface area contributed by atoms with Crippen LogP contribution >= 0.6 is 0 Å². The molecule has 0 fully saturated rings. The van der Waals surface area contributed by atoms with E-state index in [0.29, 0.717) is 11.1 Å². The Morgan fingerprint density at radius 2 is 1.30 bits per heavy atom. The summed E-state index contributed by atoms with van der Waals surface area (Å²) >= 11 is 0. The van der Waals surface area contributed by atoms with Crippen molar-refractivity contribution in [3.63, 3.8) is 0 Å². The molecule has 2 rings (SSSR count). The van der Waals surface area contributed by atoms with Crippen molar-refractivity contribution >= 4 is 14.3 Å². The van der Waals surface area contributed by atoms with E-state index in [1.54, 1.807) is 0 Å². The number of ether oxygens (including phenoxy) is 1. The van der Waals surface area contributed by atoms with Gasteiger partial charge in [-0.2, -0.15) is 0 Å². The van der Waals surface area contributed by atoms with Crippen LogP contribution < -0.4 is 0 Å². The molecule has 0 aliphatic heterocycles. The monoisotopic (exact) mass is 330 g/mol. The van der Waals surface area contributed by atoms with Crippen LogP contribution in [0.1, 0.15) is 11.1 Å². The number of esters is 1. The molecule has 5 heteroatoms. The van der Waals surface area contributed by atoms with E-state index < -0.39 is 19.9 Å². The Morgan fingerprint density at radius 1 is 0.870 bits per heavy atom. The van der Waals surface area contributed by atoms with Gasteiger partial charge in [-0.05, 0) is 19.6 Å². The number of methoxy groups -OCH3 is 1. The molecule has 0 N–H and O–H groups in total. The number of carbonyl (C=O) groups is 1. The van der Waals surface area contributed by atoms with E-state index in [2.05, 4.69) is 0 Å². The van der Waals surface area contributed by atoms with Crippen molar-refractivity contribution < 1.29 is 19.0 Å². The Morgan fingerprint density at radius 3 is 1.65 bits per heavy atom. The minimum Gasteiger partial charge on any atom is -0.466 e. The van der Waals surface area contributed by atoms with E-state index in [-0.39, 0.29) is 0 Å².